The van der Waals surface area contributed by atoms with Gasteiger partial charge in [0, 0.05) is 42.0 Å². The van der Waals surface area contributed by atoms with E-state index in [-0.39, 0.29) is 28.9 Å². The van der Waals surface area contributed by atoms with Crippen LogP contribution < -0.4 is 5.32 Å². The van der Waals surface area contributed by atoms with Crippen LogP contribution in [0.15, 0.2) is 42.9 Å². The van der Waals surface area contributed by atoms with Crippen molar-refractivity contribution in [1.82, 2.24) is 9.97 Å². The molecule has 0 bridgehead atoms. The highest BCUT2D eigenvalue weighted by Crippen LogP contribution is 2.39. The third-order valence-corrected chi connectivity index (χ3v) is 5.25. The summed E-state index contributed by atoms with van der Waals surface area (Å²) >= 11 is 6.36. The molecule has 2 atom stereocenters. The summed E-state index contributed by atoms with van der Waals surface area (Å²) in [5.41, 5.74) is 0.616. The van der Waals surface area contributed by atoms with Gasteiger partial charge in [0.25, 0.3) is 5.92 Å². The largest absolute Gasteiger partial charge is 0.310 e. The number of carbonyl (C=O) groups excluding carboxylic acids is 1. The number of hydrogen-bond donors (Lipinski definition) is 1. The molecule has 146 valence electrons. The van der Waals surface area contributed by atoms with Gasteiger partial charge in [0.2, 0.25) is 5.91 Å². The molecule has 2 heterocycles. The van der Waals surface area contributed by atoms with Gasteiger partial charge in [-0.2, -0.15) is 5.26 Å². The molecular weight excluding hydrogens is 398 g/mol. The average molecular weight is 413 g/mol. The minimum atomic E-state index is -3.04. The van der Waals surface area contributed by atoms with Gasteiger partial charge in [-0.1, -0.05) is 11.6 Å². The van der Waals surface area contributed by atoms with Crippen LogP contribution in [0.2, 0.25) is 5.02 Å². The topological polar surface area (TPSA) is 78.7 Å². The number of halogens is 3. The number of nitrogens with one attached hydrogen (secondary N) is 1. The van der Waals surface area contributed by atoms with Crippen LogP contribution in [-0.4, -0.2) is 15.9 Å². The first-order valence-electron chi connectivity index (χ1n) is 8.90. The fourth-order valence-corrected chi connectivity index (χ4v) is 3.57. The number of alkyl halides is 2. The molecule has 1 aromatic carbocycles. The number of benzene rings is 1. The second-order valence-corrected chi connectivity index (χ2v) is 7.53. The number of carbonyl (C=O) groups is 1. The molecule has 4 rings (SSSR count). The van der Waals surface area contributed by atoms with Gasteiger partial charge in [0.1, 0.15) is 5.82 Å². The molecule has 3 aromatic rings. The maximum absolute atomic E-state index is 14.0. The first kappa shape index (κ1) is 19.2. The van der Waals surface area contributed by atoms with Crippen LogP contribution in [-0.2, 0) is 10.7 Å². The quantitative estimate of drug-likeness (QED) is 0.642. The monoisotopic (exact) mass is 412 g/mol. The van der Waals surface area contributed by atoms with Crippen LogP contribution in [0.1, 0.15) is 18.9 Å². The number of nitrogens with zero attached hydrogens (tertiary/aromatic N) is 3. The number of anilines is 1. The van der Waals surface area contributed by atoms with Gasteiger partial charge in [-0.15, -0.1) is 0 Å². The number of pyridine rings is 2. The standard InChI is InChI=1S/C21H15ClF2N4O/c1-21(23,24)17-2-3-26-9-15(17)11-4-12-7-19(27-10-16(12)18(22)6-11)28-20(29)14-5-13(14)8-25/h2-4,6-7,9-10,13-14H,5H2,1H3,(H,27,28,29)/t13-,14+/m1/s1. The number of hydrogen-bond acceptors (Lipinski definition) is 4. The maximum Gasteiger partial charge on any atom is 0.271 e. The molecule has 1 amide bonds. The van der Waals surface area contributed by atoms with Crippen LogP contribution in [0.4, 0.5) is 14.6 Å². The van der Waals surface area contributed by atoms with Crippen molar-refractivity contribution in [3.8, 4) is 17.2 Å². The summed E-state index contributed by atoms with van der Waals surface area (Å²) in [5.74, 6) is -3.57. The Labute approximate surface area is 170 Å². The van der Waals surface area contributed by atoms with E-state index in [0.717, 1.165) is 6.92 Å². The summed E-state index contributed by atoms with van der Waals surface area (Å²) in [4.78, 5) is 20.3. The molecule has 2 aromatic heterocycles. The van der Waals surface area contributed by atoms with E-state index >= 15 is 0 Å². The molecule has 0 unspecified atom stereocenters. The molecule has 29 heavy (non-hydrogen) atoms. The molecule has 1 N–H and O–H groups in total. The predicted octanol–water partition coefficient (Wildman–Crippen LogP) is 5.16. The van der Waals surface area contributed by atoms with Gasteiger partial charge in [-0.05, 0) is 41.6 Å². The van der Waals surface area contributed by atoms with Crippen LogP contribution in [0, 0.1) is 23.2 Å². The van der Waals surface area contributed by atoms with E-state index < -0.39 is 5.92 Å². The molecular formula is C21H15ClF2N4O. The number of rotatable bonds is 4. The molecule has 1 aliphatic rings. The molecule has 0 saturated heterocycles. The first-order valence-corrected chi connectivity index (χ1v) is 9.28. The van der Waals surface area contributed by atoms with Gasteiger partial charge in [-0.25, -0.2) is 13.8 Å². The Balaban J connectivity index is 1.73. The lowest BCUT2D eigenvalue weighted by atomic mass is 9.96. The summed E-state index contributed by atoms with van der Waals surface area (Å²) < 4.78 is 28.0. The Bertz CT molecular complexity index is 1170. The lowest BCUT2D eigenvalue weighted by molar-refractivity contribution is -0.117. The minimum Gasteiger partial charge on any atom is -0.310 e. The van der Waals surface area contributed by atoms with E-state index in [0.29, 0.717) is 33.6 Å². The van der Waals surface area contributed by atoms with Crippen molar-refractivity contribution >= 4 is 34.1 Å². The highest BCUT2D eigenvalue weighted by molar-refractivity contribution is 6.36. The Morgan fingerprint density at radius 1 is 1.34 bits per heavy atom. The number of aromatic nitrogens is 2. The smallest absolute Gasteiger partial charge is 0.271 e. The number of amides is 1. The SMILES string of the molecule is CC(F)(F)c1ccncc1-c1cc(Cl)c2cnc(NC(=O)[C@H]3C[C@@H]3C#N)cc2c1. The Morgan fingerprint density at radius 3 is 2.83 bits per heavy atom. The van der Waals surface area contributed by atoms with Crippen molar-refractivity contribution in [2.24, 2.45) is 11.8 Å². The molecule has 8 heteroatoms. The summed E-state index contributed by atoms with van der Waals surface area (Å²) in [7, 11) is 0. The second kappa shape index (κ2) is 7.05. The zero-order valence-corrected chi connectivity index (χ0v) is 16.0. The van der Waals surface area contributed by atoms with Crippen molar-refractivity contribution in [3.63, 3.8) is 0 Å². The second-order valence-electron chi connectivity index (χ2n) is 7.13. The van der Waals surface area contributed by atoms with E-state index in [1.807, 2.05) is 0 Å². The van der Waals surface area contributed by atoms with E-state index in [9.17, 15) is 13.6 Å². The Hall–Kier alpha value is -3.11. The highest BCUT2D eigenvalue weighted by Gasteiger charge is 2.43. The average Bonchev–Trinajstić information content (AvgIpc) is 3.47. The molecule has 0 radical (unpaired) electrons. The van der Waals surface area contributed by atoms with Crippen LogP contribution in [0.25, 0.3) is 21.9 Å². The van der Waals surface area contributed by atoms with E-state index in [1.54, 1.807) is 18.2 Å². The summed E-state index contributed by atoms with van der Waals surface area (Å²) in [5, 5.41) is 13.2. The zero-order valence-electron chi connectivity index (χ0n) is 15.3. The third kappa shape index (κ3) is 3.76. The van der Waals surface area contributed by atoms with Crippen molar-refractivity contribution in [2.45, 2.75) is 19.3 Å². The lowest BCUT2D eigenvalue weighted by Gasteiger charge is -2.16. The number of nitriles is 1. The molecule has 1 fully saturated rings. The van der Waals surface area contributed by atoms with Crippen molar-refractivity contribution in [1.29, 1.82) is 5.26 Å². The fourth-order valence-electron chi connectivity index (χ4n) is 3.29. The molecule has 1 aliphatic carbocycles. The highest BCUT2D eigenvalue weighted by atomic mass is 35.5. The fraction of sp³-hybridized carbons (Fsp3) is 0.238. The van der Waals surface area contributed by atoms with Crippen LogP contribution in [0.5, 0.6) is 0 Å². The van der Waals surface area contributed by atoms with E-state index in [2.05, 4.69) is 21.4 Å². The molecule has 1 saturated carbocycles. The van der Waals surface area contributed by atoms with E-state index in [4.69, 9.17) is 16.9 Å². The number of fused-ring (bicyclic) bond motifs is 1. The van der Waals surface area contributed by atoms with E-state index in [1.165, 1.54) is 24.7 Å². The zero-order chi connectivity index (χ0) is 20.8. The van der Waals surface area contributed by atoms with Crippen LogP contribution in [0.3, 0.4) is 0 Å². The summed E-state index contributed by atoms with van der Waals surface area (Å²) in [6.45, 7) is 0.832. The predicted molar refractivity (Wildman–Crippen MR) is 105 cm³/mol. The van der Waals surface area contributed by atoms with Crippen LogP contribution >= 0.6 is 11.6 Å². The third-order valence-electron chi connectivity index (χ3n) is 4.94. The maximum atomic E-state index is 14.0. The van der Waals surface area contributed by atoms with Gasteiger partial charge in [-0.3, -0.25) is 9.78 Å². The van der Waals surface area contributed by atoms with Crippen molar-refractivity contribution in [2.75, 3.05) is 5.32 Å². The summed E-state index contributed by atoms with van der Waals surface area (Å²) in [6.07, 6.45) is 4.76. The van der Waals surface area contributed by atoms with Gasteiger partial charge in [0.15, 0.2) is 0 Å². The molecule has 0 spiro atoms. The Morgan fingerprint density at radius 2 is 2.14 bits per heavy atom. The van der Waals surface area contributed by atoms with Crippen molar-refractivity contribution in [3.05, 3.63) is 53.4 Å². The van der Waals surface area contributed by atoms with Gasteiger partial charge >= 0.3 is 0 Å². The van der Waals surface area contributed by atoms with Gasteiger partial charge in [0.05, 0.1) is 22.9 Å². The Kier molecular flexibility index (Phi) is 4.67. The van der Waals surface area contributed by atoms with Crippen molar-refractivity contribution < 1.29 is 13.6 Å². The molecule has 0 aliphatic heterocycles. The first-order chi connectivity index (χ1) is 13.8. The van der Waals surface area contributed by atoms with Gasteiger partial charge < -0.3 is 5.32 Å². The lowest BCUT2D eigenvalue weighted by Crippen LogP contribution is -2.15. The normalized spacial score (nSPS) is 18.3. The minimum absolute atomic E-state index is 0.151. The molecule has 5 nitrogen and oxygen atoms in total. The summed E-state index contributed by atoms with van der Waals surface area (Å²) in [6, 6.07) is 8.29.